The second-order valence-corrected chi connectivity index (χ2v) is 7.23. The van der Waals surface area contributed by atoms with E-state index in [1.165, 1.54) is 38.5 Å². The molecule has 0 spiro atoms. The zero-order chi connectivity index (χ0) is 20.1. The molecule has 0 saturated carbocycles. The molecule has 7 heteroatoms. The van der Waals surface area contributed by atoms with Crippen molar-refractivity contribution < 1.29 is 34.3 Å². The number of carbonyl (C=O) groups is 1. The number of hydrogen-bond acceptors (Lipinski definition) is 7. The molecule has 1 aliphatic heterocycles. The monoisotopic (exact) mass is 390 g/mol. The summed E-state index contributed by atoms with van der Waals surface area (Å²) in [6.07, 6.45) is 4.84. The molecule has 0 aromatic heterocycles. The standard InChI is InChI=1S/C20H38O7/c1-3-5-6-7-8-9-10-11-12-13-16(21)26-14-15-17(22)18(23)19(24)20(27-15)25-4-2/h15,17-20,22-24H,3-14H2,1-2H3/t15-,17-,18+,19-,20+/m1/s1. The summed E-state index contributed by atoms with van der Waals surface area (Å²) in [7, 11) is 0. The molecule has 3 N–H and O–H groups in total. The van der Waals surface area contributed by atoms with Crippen LogP contribution in [0.4, 0.5) is 0 Å². The highest BCUT2D eigenvalue weighted by molar-refractivity contribution is 5.69. The fraction of sp³-hybridized carbons (Fsp3) is 0.950. The Morgan fingerprint density at radius 1 is 0.852 bits per heavy atom. The number of ether oxygens (including phenoxy) is 3. The van der Waals surface area contributed by atoms with Crippen molar-refractivity contribution in [2.24, 2.45) is 0 Å². The van der Waals surface area contributed by atoms with Gasteiger partial charge in [-0.3, -0.25) is 4.79 Å². The summed E-state index contributed by atoms with van der Waals surface area (Å²) >= 11 is 0. The summed E-state index contributed by atoms with van der Waals surface area (Å²) in [5.41, 5.74) is 0. The molecule has 0 aromatic rings. The predicted octanol–water partition coefficient (Wildman–Crippen LogP) is 2.29. The van der Waals surface area contributed by atoms with Crippen LogP contribution in [-0.2, 0) is 19.0 Å². The maximum absolute atomic E-state index is 11.9. The summed E-state index contributed by atoms with van der Waals surface area (Å²) in [6, 6.07) is 0. The SMILES string of the molecule is CCCCCCCCCCCC(=O)OC[C@H]1O[C@H](OCC)[C@H](O)[C@@H](O)[C@@H]1O. The first kappa shape index (κ1) is 24.3. The van der Waals surface area contributed by atoms with Crippen LogP contribution in [0.25, 0.3) is 0 Å². The van der Waals surface area contributed by atoms with Gasteiger partial charge in [-0.1, -0.05) is 58.3 Å². The van der Waals surface area contributed by atoms with Crippen LogP contribution in [0.5, 0.6) is 0 Å². The minimum absolute atomic E-state index is 0.176. The van der Waals surface area contributed by atoms with E-state index in [4.69, 9.17) is 14.2 Å². The Morgan fingerprint density at radius 2 is 1.44 bits per heavy atom. The van der Waals surface area contributed by atoms with Gasteiger partial charge < -0.3 is 29.5 Å². The van der Waals surface area contributed by atoms with Crippen molar-refractivity contribution in [3.8, 4) is 0 Å². The Bertz CT molecular complexity index is 391. The van der Waals surface area contributed by atoms with Gasteiger partial charge in [0.25, 0.3) is 0 Å². The lowest BCUT2D eigenvalue weighted by Crippen LogP contribution is -2.59. The van der Waals surface area contributed by atoms with E-state index in [0.717, 1.165) is 19.3 Å². The van der Waals surface area contributed by atoms with Gasteiger partial charge in [-0.2, -0.15) is 0 Å². The van der Waals surface area contributed by atoms with Crippen LogP contribution in [0, 0.1) is 0 Å². The number of carbonyl (C=O) groups excluding carboxylic acids is 1. The highest BCUT2D eigenvalue weighted by Crippen LogP contribution is 2.22. The van der Waals surface area contributed by atoms with Crippen molar-refractivity contribution in [1.82, 2.24) is 0 Å². The third kappa shape index (κ3) is 9.34. The highest BCUT2D eigenvalue weighted by atomic mass is 16.7. The zero-order valence-corrected chi connectivity index (χ0v) is 16.8. The summed E-state index contributed by atoms with van der Waals surface area (Å²) in [6.45, 7) is 4.05. The van der Waals surface area contributed by atoms with Crippen molar-refractivity contribution >= 4 is 5.97 Å². The first-order valence-electron chi connectivity index (χ1n) is 10.5. The van der Waals surface area contributed by atoms with E-state index in [1.807, 2.05) is 0 Å². The molecule has 1 saturated heterocycles. The van der Waals surface area contributed by atoms with Crippen molar-refractivity contribution in [3.63, 3.8) is 0 Å². The summed E-state index contributed by atoms with van der Waals surface area (Å²) in [4.78, 5) is 11.9. The summed E-state index contributed by atoms with van der Waals surface area (Å²) < 4.78 is 15.8. The van der Waals surface area contributed by atoms with Crippen LogP contribution >= 0.6 is 0 Å². The molecule has 0 aliphatic carbocycles. The van der Waals surface area contributed by atoms with Crippen molar-refractivity contribution in [1.29, 1.82) is 0 Å². The lowest BCUT2D eigenvalue weighted by molar-refractivity contribution is -0.300. The van der Waals surface area contributed by atoms with Gasteiger partial charge in [-0.25, -0.2) is 0 Å². The van der Waals surface area contributed by atoms with Crippen LogP contribution in [-0.4, -0.2) is 65.2 Å². The molecule has 160 valence electrons. The van der Waals surface area contributed by atoms with Crippen LogP contribution in [0.15, 0.2) is 0 Å². The largest absolute Gasteiger partial charge is 0.463 e. The molecule has 1 heterocycles. The Kier molecular flexibility index (Phi) is 12.9. The average Bonchev–Trinajstić information content (AvgIpc) is 2.66. The van der Waals surface area contributed by atoms with E-state index >= 15 is 0 Å². The van der Waals surface area contributed by atoms with Crippen LogP contribution in [0.1, 0.15) is 78.1 Å². The highest BCUT2D eigenvalue weighted by Gasteiger charge is 2.44. The summed E-state index contributed by atoms with van der Waals surface area (Å²) in [5, 5.41) is 29.7. The molecule has 27 heavy (non-hydrogen) atoms. The molecule has 7 nitrogen and oxygen atoms in total. The minimum atomic E-state index is -1.41. The second kappa shape index (κ2) is 14.3. The molecule has 0 aromatic carbocycles. The number of rotatable bonds is 14. The van der Waals surface area contributed by atoms with Gasteiger partial charge in [0.2, 0.25) is 0 Å². The fourth-order valence-corrected chi connectivity index (χ4v) is 3.18. The molecule has 0 amide bonds. The average molecular weight is 391 g/mol. The molecule has 0 unspecified atom stereocenters. The lowest BCUT2D eigenvalue weighted by atomic mass is 9.99. The van der Waals surface area contributed by atoms with Gasteiger partial charge in [0.1, 0.15) is 31.0 Å². The second-order valence-electron chi connectivity index (χ2n) is 7.23. The Balaban J connectivity index is 2.14. The smallest absolute Gasteiger partial charge is 0.305 e. The molecule has 0 radical (unpaired) electrons. The number of unbranched alkanes of at least 4 members (excludes halogenated alkanes) is 8. The third-order valence-corrected chi connectivity index (χ3v) is 4.89. The van der Waals surface area contributed by atoms with E-state index in [9.17, 15) is 20.1 Å². The van der Waals surface area contributed by atoms with Gasteiger partial charge in [0.15, 0.2) is 6.29 Å². The maximum atomic E-state index is 11.9. The van der Waals surface area contributed by atoms with E-state index in [-0.39, 0.29) is 19.2 Å². The lowest BCUT2D eigenvalue weighted by Gasteiger charge is -2.39. The van der Waals surface area contributed by atoms with Crippen LogP contribution in [0.3, 0.4) is 0 Å². The predicted molar refractivity (Wildman–Crippen MR) is 101 cm³/mol. The normalized spacial score (nSPS) is 28.3. The first-order valence-corrected chi connectivity index (χ1v) is 10.5. The van der Waals surface area contributed by atoms with E-state index in [1.54, 1.807) is 6.92 Å². The first-order chi connectivity index (χ1) is 13.0. The summed E-state index contributed by atoms with van der Waals surface area (Å²) in [5.74, 6) is -0.345. The van der Waals surface area contributed by atoms with Crippen LogP contribution in [0.2, 0.25) is 0 Å². The number of hydrogen-bond donors (Lipinski definition) is 3. The Morgan fingerprint density at radius 3 is 2.04 bits per heavy atom. The van der Waals surface area contributed by atoms with Gasteiger partial charge >= 0.3 is 5.97 Å². The molecule has 5 atom stereocenters. The molecular formula is C20H38O7. The van der Waals surface area contributed by atoms with Crippen molar-refractivity contribution in [2.75, 3.05) is 13.2 Å². The Labute approximate surface area is 163 Å². The topological polar surface area (TPSA) is 105 Å². The quantitative estimate of drug-likeness (QED) is 0.309. The maximum Gasteiger partial charge on any atom is 0.305 e. The van der Waals surface area contributed by atoms with E-state index in [2.05, 4.69) is 6.92 Å². The van der Waals surface area contributed by atoms with Crippen molar-refractivity contribution in [3.05, 3.63) is 0 Å². The zero-order valence-electron chi connectivity index (χ0n) is 16.8. The number of aliphatic hydroxyl groups is 3. The van der Waals surface area contributed by atoms with Crippen molar-refractivity contribution in [2.45, 2.75) is 109 Å². The number of aliphatic hydroxyl groups excluding tert-OH is 3. The molecule has 1 fully saturated rings. The number of esters is 1. The fourth-order valence-electron chi connectivity index (χ4n) is 3.18. The molecule has 0 bridgehead atoms. The van der Waals surface area contributed by atoms with E-state index in [0.29, 0.717) is 6.42 Å². The minimum Gasteiger partial charge on any atom is -0.463 e. The van der Waals surface area contributed by atoms with Crippen LogP contribution < -0.4 is 0 Å². The molecule has 1 rings (SSSR count). The van der Waals surface area contributed by atoms with Gasteiger partial charge in [0.05, 0.1) is 0 Å². The molecule has 1 aliphatic rings. The Hall–Kier alpha value is -0.730. The van der Waals surface area contributed by atoms with E-state index < -0.39 is 30.7 Å². The van der Waals surface area contributed by atoms with Gasteiger partial charge in [-0.15, -0.1) is 0 Å². The molecular weight excluding hydrogens is 352 g/mol. The van der Waals surface area contributed by atoms with Gasteiger partial charge in [0, 0.05) is 13.0 Å². The third-order valence-electron chi connectivity index (χ3n) is 4.89. The van der Waals surface area contributed by atoms with Gasteiger partial charge in [-0.05, 0) is 13.3 Å².